The highest BCUT2D eigenvalue weighted by molar-refractivity contribution is 7.41. The second kappa shape index (κ2) is 3.88. The first-order chi connectivity index (χ1) is 5.65. The summed E-state index contributed by atoms with van der Waals surface area (Å²) in [5.74, 6) is 0. The zero-order valence-electron chi connectivity index (χ0n) is 7.63. The van der Waals surface area contributed by atoms with Gasteiger partial charge in [-0.15, -0.1) is 0 Å². The van der Waals surface area contributed by atoms with E-state index in [1.165, 1.54) is 0 Å². The molecule has 0 radical (unpaired) electrons. The Morgan fingerprint density at radius 3 is 2.50 bits per heavy atom. The van der Waals surface area contributed by atoms with Gasteiger partial charge in [-0.05, 0) is 24.6 Å². The van der Waals surface area contributed by atoms with Gasteiger partial charge in [-0.1, -0.05) is 6.07 Å². The molecule has 1 aromatic carbocycles. The van der Waals surface area contributed by atoms with Gasteiger partial charge in [-0.25, -0.2) is 0 Å². The Balaban J connectivity index is 3.05. The molecule has 1 rings (SSSR count). The first-order valence-electron chi connectivity index (χ1n) is 3.83. The number of aryl methyl sites for hydroxylation is 1. The molecule has 1 unspecified atom stereocenters. The van der Waals surface area contributed by atoms with Crippen LogP contribution in [0.15, 0.2) is 18.2 Å². The maximum Gasteiger partial charge on any atom is 0.0423 e. The molecule has 0 aromatic heterocycles. The predicted octanol–water partition coefficient (Wildman–Crippen LogP) is 1.27. The molecule has 2 nitrogen and oxygen atoms in total. The van der Waals surface area contributed by atoms with Crippen LogP contribution in [-0.4, -0.2) is 19.0 Å². The van der Waals surface area contributed by atoms with Gasteiger partial charge in [0.05, 0.1) is 0 Å². The topological polar surface area (TPSA) is 23.5 Å². The van der Waals surface area contributed by atoms with Crippen molar-refractivity contribution in [1.29, 1.82) is 0 Å². The van der Waals surface area contributed by atoms with E-state index in [2.05, 4.69) is 6.07 Å². The molecule has 1 atom stereocenters. The smallest absolute Gasteiger partial charge is 0.0423 e. The van der Waals surface area contributed by atoms with E-state index >= 15 is 0 Å². The molecule has 0 saturated carbocycles. The molecule has 3 heteroatoms. The number of nitrogens with zero attached hydrogens (tertiary/aromatic N) is 1. The van der Waals surface area contributed by atoms with E-state index in [0.717, 1.165) is 16.6 Å². The van der Waals surface area contributed by atoms with Crippen LogP contribution in [0.5, 0.6) is 0 Å². The third-order valence-corrected chi connectivity index (χ3v) is 2.64. The monoisotopic (exact) mass is 183 g/mol. The minimum atomic E-state index is -0.109. The summed E-state index contributed by atoms with van der Waals surface area (Å²) in [6, 6.07) is 6.11. The standard InChI is InChI=1S/C9H14NOP/c1-7-4-5-8(10(2)3)6-9(7)12-11/h4-6,11-12H,1-3H3. The maximum absolute atomic E-state index is 9.03. The Hall–Kier alpha value is -0.590. The first-order valence-corrected chi connectivity index (χ1v) is 4.78. The Morgan fingerprint density at radius 2 is 2.00 bits per heavy atom. The van der Waals surface area contributed by atoms with E-state index in [0.29, 0.717) is 0 Å². The summed E-state index contributed by atoms with van der Waals surface area (Å²) in [6.45, 7) is 2.01. The molecule has 66 valence electrons. The zero-order chi connectivity index (χ0) is 9.14. The highest BCUT2D eigenvalue weighted by Gasteiger charge is 2.00. The van der Waals surface area contributed by atoms with Crippen molar-refractivity contribution in [3.05, 3.63) is 23.8 Å². The van der Waals surface area contributed by atoms with Gasteiger partial charge in [0.1, 0.15) is 0 Å². The Labute approximate surface area is 75.1 Å². The maximum atomic E-state index is 9.03. The van der Waals surface area contributed by atoms with Crippen molar-refractivity contribution in [3.8, 4) is 0 Å². The van der Waals surface area contributed by atoms with Crippen molar-refractivity contribution in [2.24, 2.45) is 0 Å². The van der Waals surface area contributed by atoms with Crippen LogP contribution in [0.25, 0.3) is 0 Å². The molecule has 0 aliphatic rings. The normalized spacial score (nSPS) is 11.0. The first kappa shape index (κ1) is 9.50. The van der Waals surface area contributed by atoms with Crippen molar-refractivity contribution in [3.63, 3.8) is 0 Å². The molecule has 0 saturated heterocycles. The molecular formula is C9H14NOP. The minimum absolute atomic E-state index is 0.109. The van der Waals surface area contributed by atoms with Crippen LogP contribution >= 0.6 is 8.81 Å². The molecule has 0 bridgehead atoms. The second-order valence-electron chi connectivity index (χ2n) is 3.01. The highest BCUT2D eigenvalue weighted by atomic mass is 31.1. The molecule has 0 fully saturated rings. The lowest BCUT2D eigenvalue weighted by molar-refractivity contribution is 0.655. The van der Waals surface area contributed by atoms with Crippen molar-refractivity contribution in [1.82, 2.24) is 0 Å². The number of hydrogen-bond acceptors (Lipinski definition) is 2. The minimum Gasteiger partial charge on any atom is -0.378 e. The SMILES string of the molecule is Cc1ccc(N(C)C)cc1PO. The summed E-state index contributed by atoms with van der Waals surface area (Å²) < 4.78 is 0. The summed E-state index contributed by atoms with van der Waals surface area (Å²) in [5.41, 5.74) is 2.29. The fourth-order valence-electron chi connectivity index (χ4n) is 1.01. The quantitative estimate of drug-likeness (QED) is 0.698. The van der Waals surface area contributed by atoms with Gasteiger partial charge >= 0.3 is 0 Å². The number of benzene rings is 1. The molecule has 1 N–H and O–H groups in total. The third kappa shape index (κ3) is 1.96. The largest absolute Gasteiger partial charge is 0.378 e. The Bertz CT molecular complexity index is 273. The number of hydrogen-bond donors (Lipinski definition) is 1. The predicted molar refractivity (Wildman–Crippen MR) is 55.7 cm³/mol. The average molecular weight is 183 g/mol. The third-order valence-electron chi connectivity index (χ3n) is 1.86. The van der Waals surface area contributed by atoms with E-state index in [9.17, 15) is 0 Å². The summed E-state index contributed by atoms with van der Waals surface area (Å²) in [5, 5.41) is 1.03. The Morgan fingerprint density at radius 1 is 1.33 bits per heavy atom. The number of anilines is 1. The molecule has 0 heterocycles. The van der Waals surface area contributed by atoms with Crippen LogP contribution in [0.2, 0.25) is 0 Å². The van der Waals surface area contributed by atoms with E-state index in [1.54, 1.807) is 0 Å². The van der Waals surface area contributed by atoms with Gasteiger partial charge in [0.15, 0.2) is 0 Å². The van der Waals surface area contributed by atoms with Crippen LogP contribution in [0.1, 0.15) is 5.56 Å². The average Bonchev–Trinajstić information content (AvgIpc) is 2.05. The van der Waals surface area contributed by atoms with Gasteiger partial charge in [-0.3, -0.25) is 0 Å². The number of rotatable bonds is 2. The van der Waals surface area contributed by atoms with Crippen LogP contribution in [0.3, 0.4) is 0 Å². The summed E-state index contributed by atoms with van der Waals surface area (Å²) in [6.07, 6.45) is 0. The lowest BCUT2D eigenvalue weighted by atomic mass is 10.2. The molecule has 1 aromatic rings. The van der Waals surface area contributed by atoms with E-state index in [-0.39, 0.29) is 8.81 Å². The lowest BCUT2D eigenvalue weighted by Crippen LogP contribution is -2.11. The van der Waals surface area contributed by atoms with Crippen LogP contribution in [0, 0.1) is 6.92 Å². The molecule has 12 heavy (non-hydrogen) atoms. The van der Waals surface area contributed by atoms with Gasteiger partial charge < -0.3 is 9.79 Å². The van der Waals surface area contributed by atoms with Crippen LogP contribution in [0.4, 0.5) is 5.69 Å². The van der Waals surface area contributed by atoms with Crippen LogP contribution in [-0.2, 0) is 0 Å². The fourth-order valence-corrected chi connectivity index (χ4v) is 1.48. The summed E-state index contributed by atoms with van der Waals surface area (Å²) in [7, 11) is 3.88. The fraction of sp³-hybridized carbons (Fsp3) is 0.333. The summed E-state index contributed by atoms with van der Waals surface area (Å²) in [4.78, 5) is 11.1. The zero-order valence-corrected chi connectivity index (χ0v) is 8.63. The van der Waals surface area contributed by atoms with Gasteiger partial charge in [0.2, 0.25) is 0 Å². The van der Waals surface area contributed by atoms with Crippen molar-refractivity contribution in [2.45, 2.75) is 6.92 Å². The van der Waals surface area contributed by atoms with Crippen molar-refractivity contribution in [2.75, 3.05) is 19.0 Å². The lowest BCUT2D eigenvalue weighted by Gasteiger charge is -2.14. The van der Waals surface area contributed by atoms with E-state index < -0.39 is 0 Å². The molecule has 0 spiro atoms. The van der Waals surface area contributed by atoms with Crippen molar-refractivity contribution >= 4 is 19.8 Å². The molecular weight excluding hydrogens is 169 g/mol. The van der Waals surface area contributed by atoms with Gasteiger partial charge in [0, 0.05) is 33.9 Å². The highest BCUT2D eigenvalue weighted by Crippen LogP contribution is 2.15. The van der Waals surface area contributed by atoms with Crippen LogP contribution < -0.4 is 10.2 Å². The Kier molecular flexibility index (Phi) is 3.07. The summed E-state index contributed by atoms with van der Waals surface area (Å²) >= 11 is 0. The van der Waals surface area contributed by atoms with Gasteiger partial charge in [-0.2, -0.15) is 0 Å². The molecule has 0 aliphatic heterocycles. The van der Waals surface area contributed by atoms with E-state index in [1.807, 2.05) is 38.1 Å². The van der Waals surface area contributed by atoms with E-state index in [4.69, 9.17) is 4.89 Å². The van der Waals surface area contributed by atoms with Gasteiger partial charge in [0.25, 0.3) is 0 Å². The van der Waals surface area contributed by atoms with Crippen molar-refractivity contribution < 1.29 is 4.89 Å². The second-order valence-corrected chi connectivity index (χ2v) is 3.77. The molecule has 0 aliphatic carbocycles. The molecule has 0 amide bonds.